The summed E-state index contributed by atoms with van der Waals surface area (Å²) in [5.74, 6) is -2.82. The Hall–Kier alpha value is -2.98. The van der Waals surface area contributed by atoms with Crippen molar-refractivity contribution in [1.82, 2.24) is 10.6 Å². The Balaban J connectivity index is 2.16. The summed E-state index contributed by atoms with van der Waals surface area (Å²) in [6.07, 6.45) is 3.31. The highest BCUT2D eigenvalue weighted by Gasteiger charge is 2.29. The van der Waals surface area contributed by atoms with Crippen LogP contribution in [-0.2, 0) is 30.3 Å². The molecule has 1 heterocycles. The molecule has 0 bridgehead atoms. The molecule has 0 aliphatic rings. The Kier molecular flexibility index (Phi) is 12.7. The van der Waals surface area contributed by atoms with Gasteiger partial charge in [-0.15, -0.1) is 11.3 Å². The number of thiophene rings is 1. The number of unbranched alkanes of at least 4 members (excludes halogenated alkanes) is 2. The molecular weight excluding hydrogens is 506 g/mol. The molecule has 38 heavy (non-hydrogen) atoms. The minimum Gasteiger partial charge on any atom is -0.480 e. The Morgan fingerprint density at radius 2 is 1.79 bits per heavy atom. The number of aliphatic carboxylic acids is 1. The Labute approximate surface area is 228 Å². The van der Waals surface area contributed by atoms with E-state index in [-0.39, 0.29) is 18.8 Å². The molecule has 0 aliphatic carbocycles. The van der Waals surface area contributed by atoms with Crippen molar-refractivity contribution >= 4 is 45.2 Å². The summed E-state index contributed by atoms with van der Waals surface area (Å²) in [6.45, 7) is 7.24. The number of carbonyl (C=O) groups is 4. The first-order valence-electron chi connectivity index (χ1n) is 13.3. The lowest BCUT2D eigenvalue weighted by Crippen LogP contribution is -2.52. The van der Waals surface area contributed by atoms with Crippen LogP contribution in [0.2, 0.25) is 0 Å². The fourth-order valence-electron chi connectivity index (χ4n) is 3.94. The summed E-state index contributed by atoms with van der Waals surface area (Å²) in [4.78, 5) is 50.9. The van der Waals surface area contributed by atoms with Crippen LogP contribution >= 0.6 is 11.3 Å². The minimum absolute atomic E-state index is 0.0572. The topological polar surface area (TPSA) is 148 Å². The molecule has 0 aliphatic heterocycles. The van der Waals surface area contributed by atoms with E-state index in [4.69, 9.17) is 10.5 Å². The van der Waals surface area contributed by atoms with Crippen LogP contribution in [0.25, 0.3) is 10.1 Å². The number of ether oxygens (including phenoxy) is 1. The van der Waals surface area contributed by atoms with Crippen molar-refractivity contribution in [3.05, 3.63) is 35.2 Å². The SMILES string of the molecule is CCCCC[C@H](CC(=O)N[C@@H](Cc1cc2ccccc2s1)C(=O)N[C@@H](C)C(=O)O)OC(=O)[C@H](N)[C@@H](C)CC. The Morgan fingerprint density at radius 3 is 2.42 bits per heavy atom. The number of nitrogens with two attached hydrogens (primary N) is 1. The Bertz CT molecular complexity index is 1050. The van der Waals surface area contributed by atoms with Gasteiger partial charge in [-0.2, -0.15) is 0 Å². The number of amides is 2. The zero-order valence-electron chi connectivity index (χ0n) is 22.7. The van der Waals surface area contributed by atoms with Crippen molar-refractivity contribution in [1.29, 1.82) is 0 Å². The zero-order valence-corrected chi connectivity index (χ0v) is 23.5. The van der Waals surface area contributed by atoms with Gasteiger partial charge in [-0.25, -0.2) is 0 Å². The molecule has 2 aromatic rings. The second-order valence-corrected chi connectivity index (χ2v) is 11.0. The van der Waals surface area contributed by atoms with Crippen LogP contribution in [0.1, 0.15) is 71.1 Å². The third-order valence-electron chi connectivity index (χ3n) is 6.62. The number of carboxylic acids is 1. The number of rotatable bonds is 16. The largest absolute Gasteiger partial charge is 0.480 e. The molecule has 0 fully saturated rings. The highest BCUT2D eigenvalue weighted by molar-refractivity contribution is 7.19. The lowest BCUT2D eigenvalue weighted by Gasteiger charge is -2.24. The van der Waals surface area contributed by atoms with Gasteiger partial charge in [0.25, 0.3) is 0 Å². The number of nitrogens with one attached hydrogen (secondary N) is 2. The fourth-order valence-corrected chi connectivity index (χ4v) is 5.05. The molecule has 1 aromatic heterocycles. The van der Waals surface area contributed by atoms with Crippen LogP contribution < -0.4 is 16.4 Å². The number of hydrogen-bond donors (Lipinski definition) is 4. The van der Waals surface area contributed by atoms with E-state index in [1.54, 1.807) is 0 Å². The van der Waals surface area contributed by atoms with E-state index in [1.165, 1.54) is 18.3 Å². The normalized spacial score (nSPS) is 15.2. The summed E-state index contributed by atoms with van der Waals surface area (Å²) >= 11 is 1.51. The maximum atomic E-state index is 13.1. The van der Waals surface area contributed by atoms with E-state index in [9.17, 15) is 24.3 Å². The molecule has 9 nitrogen and oxygen atoms in total. The second kappa shape index (κ2) is 15.4. The van der Waals surface area contributed by atoms with Gasteiger partial charge in [0.15, 0.2) is 0 Å². The highest BCUT2D eigenvalue weighted by atomic mass is 32.1. The lowest BCUT2D eigenvalue weighted by atomic mass is 10.00. The molecule has 210 valence electrons. The van der Waals surface area contributed by atoms with Gasteiger partial charge in [0.2, 0.25) is 11.8 Å². The first kappa shape index (κ1) is 31.2. The quantitative estimate of drug-likeness (QED) is 0.185. The van der Waals surface area contributed by atoms with Crippen molar-refractivity contribution in [2.45, 2.75) is 96.9 Å². The molecule has 10 heteroatoms. The van der Waals surface area contributed by atoms with Crippen LogP contribution in [0.5, 0.6) is 0 Å². The van der Waals surface area contributed by atoms with E-state index in [0.29, 0.717) is 6.42 Å². The maximum Gasteiger partial charge on any atom is 0.325 e. The fraction of sp³-hybridized carbons (Fsp3) is 0.571. The van der Waals surface area contributed by atoms with Crippen molar-refractivity contribution < 1.29 is 29.0 Å². The standard InChI is InChI=1S/C28H41N3O6S/c1-5-7-8-12-20(37-28(36)25(29)17(3)6-2)15-24(32)31-22(26(33)30-18(4)27(34)35)16-21-14-19-11-9-10-13-23(19)38-21/h9-11,13-14,17-18,20,22,25H,5-8,12,15-16,29H2,1-4H3,(H,30,33)(H,31,32)(H,34,35)/t17-,18-,20+,22-,25+/m0/s1. The van der Waals surface area contributed by atoms with Gasteiger partial charge in [-0.3, -0.25) is 19.2 Å². The van der Waals surface area contributed by atoms with Gasteiger partial charge in [0.05, 0.1) is 6.42 Å². The van der Waals surface area contributed by atoms with Gasteiger partial charge in [0.1, 0.15) is 24.2 Å². The maximum absolute atomic E-state index is 13.1. The summed E-state index contributed by atoms with van der Waals surface area (Å²) in [5, 5.41) is 15.5. The first-order valence-corrected chi connectivity index (χ1v) is 14.1. The molecule has 0 saturated carbocycles. The summed E-state index contributed by atoms with van der Waals surface area (Å²) in [6, 6.07) is 6.86. The first-order chi connectivity index (χ1) is 18.0. The molecule has 5 atom stereocenters. The zero-order chi connectivity index (χ0) is 28.2. The van der Waals surface area contributed by atoms with Crippen LogP contribution in [0.3, 0.4) is 0 Å². The van der Waals surface area contributed by atoms with Gasteiger partial charge in [-0.05, 0) is 43.2 Å². The average molecular weight is 548 g/mol. The van der Waals surface area contributed by atoms with Crippen molar-refractivity contribution in [3.8, 4) is 0 Å². The lowest BCUT2D eigenvalue weighted by molar-refractivity contribution is -0.153. The average Bonchev–Trinajstić information content (AvgIpc) is 3.29. The second-order valence-electron chi connectivity index (χ2n) is 9.81. The molecule has 1 aromatic carbocycles. The molecule has 2 rings (SSSR count). The van der Waals surface area contributed by atoms with Gasteiger partial charge in [0, 0.05) is 16.0 Å². The Morgan fingerprint density at radius 1 is 1.08 bits per heavy atom. The van der Waals surface area contributed by atoms with E-state index in [1.807, 2.05) is 44.2 Å². The number of benzene rings is 1. The van der Waals surface area contributed by atoms with Crippen LogP contribution in [0, 0.1) is 5.92 Å². The summed E-state index contributed by atoms with van der Waals surface area (Å²) in [5.41, 5.74) is 6.04. The predicted octanol–water partition coefficient (Wildman–Crippen LogP) is 3.77. The number of carboxylic acid groups (broad SMARTS) is 1. The summed E-state index contributed by atoms with van der Waals surface area (Å²) in [7, 11) is 0. The van der Waals surface area contributed by atoms with E-state index in [2.05, 4.69) is 17.6 Å². The number of hydrogen-bond acceptors (Lipinski definition) is 7. The van der Waals surface area contributed by atoms with Gasteiger partial charge in [-0.1, -0.05) is 58.2 Å². The van der Waals surface area contributed by atoms with E-state index >= 15 is 0 Å². The van der Waals surface area contributed by atoms with E-state index in [0.717, 1.165) is 40.6 Å². The smallest absolute Gasteiger partial charge is 0.325 e. The summed E-state index contributed by atoms with van der Waals surface area (Å²) < 4.78 is 6.70. The third kappa shape index (κ3) is 9.72. The molecule has 2 amide bonds. The van der Waals surface area contributed by atoms with Crippen molar-refractivity contribution in [2.75, 3.05) is 0 Å². The minimum atomic E-state index is -1.18. The molecule has 0 radical (unpaired) electrons. The van der Waals surface area contributed by atoms with Crippen LogP contribution in [0.15, 0.2) is 30.3 Å². The molecule has 5 N–H and O–H groups in total. The van der Waals surface area contributed by atoms with Gasteiger partial charge < -0.3 is 26.2 Å². The molecule has 0 spiro atoms. The van der Waals surface area contributed by atoms with Crippen molar-refractivity contribution in [2.24, 2.45) is 11.7 Å². The third-order valence-corrected chi connectivity index (χ3v) is 7.76. The molecular formula is C28H41N3O6S. The predicted molar refractivity (Wildman–Crippen MR) is 149 cm³/mol. The highest BCUT2D eigenvalue weighted by Crippen LogP contribution is 2.26. The number of carbonyl (C=O) groups excluding carboxylic acids is 3. The van der Waals surface area contributed by atoms with Crippen LogP contribution in [-0.4, -0.2) is 53.1 Å². The van der Waals surface area contributed by atoms with E-state index < -0.39 is 48.0 Å². The van der Waals surface area contributed by atoms with Gasteiger partial charge >= 0.3 is 11.9 Å². The van der Waals surface area contributed by atoms with Crippen LogP contribution in [0.4, 0.5) is 0 Å². The molecule has 0 unspecified atom stereocenters. The molecule has 0 saturated heterocycles. The number of fused-ring (bicyclic) bond motifs is 1. The van der Waals surface area contributed by atoms with Crippen molar-refractivity contribution in [3.63, 3.8) is 0 Å². The monoisotopic (exact) mass is 547 g/mol. The number of esters is 1.